The van der Waals surface area contributed by atoms with Crippen LogP contribution in [0.4, 0.5) is 0 Å². The van der Waals surface area contributed by atoms with Gasteiger partial charge in [-0.15, -0.1) is 0 Å². The standard InChI is InChI=1S/C36H32N4/c1-3-29-23-30(4-1)26-38-17-9-34(10-18-38)36-13-21-40(22-14-36)28-32-6-2-5-31(24-32)27-39-19-11-35(12-20-39)33-7-15-37(25-29)16-8-33/h1-24H,25-28H2/q+4. The molecule has 0 fully saturated rings. The maximum atomic E-state index is 2.31. The van der Waals surface area contributed by atoms with Gasteiger partial charge in [0, 0.05) is 70.8 Å². The highest BCUT2D eigenvalue weighted by molar-refractivity contribution is 5.61. The molecule has 0 saturated heterocycles. The molecule has 0 spiro atoms. The minimum Gasteiger partial charge on any atom is -0.201 e. The Morgan fingerprint density at radius 3 is 0.750 bits per heavy atom. The van der Waals surface area contributed by atoms with E-state index in [0.29, 0.717) is 0 Å². The summed E-state index contributed by atoms with van der Waals surface area (Å²) in [4.78, 5) is 0. The van der Waals surface area contributed by atoms with E-state index in [1.165, 1.54) is 44.5 Å². The van der Waals surface area contributed by atoms with Crippen LogP contribution in [0.1, 0.15) is 22.3 Å². The Hall–Kier alpha value is -4.96. The lowest BCUT2D eigenvalue weighted by atomic mass is 10.1. The second-order valence-corrected chi connectivity index (χ2v) is 10.7. The molecule has 6 aromatic rings. The average Bonchev–Trinajstić information content (AvgIpc) is 2.99. The maximum absolute atomic E-state index is 2.31. The highest BCUT2D eigenvalue weighted by Gasteiger charge is 2.12. The van der Waals surface area contributed by atoms with Crippen molar-refractivity contribution >= 4 is 0 Å². The molecule has 0 saturated carbocycles. The Morgan fingerprint density at radius 1 is 0.300 bits per heavy atom. The SMILES string of the molecule is c1cc2cc(c1)C[n+]1ccc(cc1)-c1cc[n+](cc1)Cc1cccc(c1)C[n+]1ccc(cc1)-c1cc[n+](cc1)C2. The molecule has 0 amide bonds. The predicted molar refractivity (Wildman–Crippen MR) is 154 cm³/mol. The van der Waals surface area contributed by atoms with Gasteiger partial charge >= 0.3 is 0 Å². The van der Waals surface area contributed by atoms with Gasteiger partial charge in [-0.05, 0) is 34.4 Å². The van der Waals surface area contributed by atoms with Gasteiger partial charge in [0.05, 0.1) is 0 Å². The van der Waals surface area contributed by atoms with Crippen LogP contribution in [0.2, 0.25) is 0 Å². The Kier molecular flexibility index (Phi) is 6.42. The van der Waals surface area contributed by atoms with Gasteiger partial charge in [0.2, 0.25) is 0 Å². The first-order valence-corrected chi connectivity index (χ1v) is 13.9. The summed E-state index contributed by atoms with van der Waals surface area (Å²) in [6.07, 6.45) is 17.4. The van der Waals surface area contributed by atoms with Crippen LogP contribution in [-0.4, -0.2) is 0 Å². The Bertz CT molecular complexity index is 1500. The minimum absolute atomic E-state index is 0.847. The van der Waals surface area contributed by atoms with Crippen molar-refractivity contribution in [3.8, 4) is 22.3 Å². The fourth-order valence-corrected chi connectivity index (χ4v) is 5.52. The minimum atomic E-state index is 0.847. The molecule has 4 aromatic heterocycles. The zero-order chi connectivity index (χ0) is 26.7. The zero-order valence-corrected chi connectivity index (χ0v) is 22.5. The van der Waals surface area contributed by atoms with E-state index >= 15 is 0 Å². The molecular weight excluding hydrogens is 488 g/mol. The molecule has 0 unspecified atom stereocenters. The Morgan fingerprint density at radius 2 is 0.525 bits per heavy atom. The number of nitrogens with zero attached hydrogens (tertiary/aromatic N) is 4. The number of aromatic nitrogens is 4. The van der Waals surface area contributed by atoms with Crippen LogP contribution in [0, 0.1) is 0 Å². The molecule has 2 aromatic carbocycles. The molecule has 0 aliphatic carbocycles. The van der Waals surface area contributed by atoms with Crippen molar-refractivity contribution in [3.63, 3.8) is 0 Å². The third-order valence-corrected chi connectivity index (χ3v) is 7.67. The largest absolute Gasteiger partial charge is 0.201 e. The molecule has 12 bridgehead atoms. The van der Waals surface area contributed by atoms with Crippen LogP contribution >= 0.6 is 0 Å². The van der Waals surface area contributed by atoms with Crippen LogP contribution in [0.3, 0.4) is 0 Å². The first-order valence-electron chi connectivity index (χ1n) is 13.9. The molecule has 13 rings (SSSR count). The van der Waals surface area contributed by atoms with Gasteiger partial charge in [-0.2, -0.15) is 0 Å². The van der Waals surface area contributed by atoms with Gasteiger partial charge in [-0.3, -0.25) is 0 Å². The molecule has 11 heterocycles. The maximum Gasteiger partial charge on any atom is 0.173 e. The summed E-state index contributed by atoms with van der Waals surface area (Å²) in [5.74, 6) is 0. The molecule has 0 radical (unpaired) electrons. The number of pyridine rings is 4. The third-order valence-electron chi connectivity index (χ3n) is 7.67. The van der Waals surface area contributed by atoms with Crippen molar-refractivity contribution in [2.24, 2.45) is 0 Å². The van der Waals surface area contributed by atoms with Gasteiger partial charge in [0.1, 0.15) is 0 Å². The van der Waals surface area contributed by atoms with Crippen LogP contribution in [0.5, 0.6) is 0 Å². The summed E-state index contributed by atoms with van der Waals surface area (Å²) < 4.78 is 8.98. The van der Waals surface area contributed by atoms with E-state index in [1.54, 1.807) is 0 Å². The first kappa shape index (κ1) is 24.1. The van der Waals surface area contributed by atoms with E-state index in [9.17, 15) is 0 Å². The van der Waals surface area contributed by atoms with Crippen molar-refractivity contribution in [2.75, 3.05) is 0 Å². The van der Waals surface area contributed by atoms with Crippen molar-refractivity contribution in [3.05, 3.63) is 169 Å². The molecule has 4 nitrogen and oxygen atoms in total. The molecule has 0 atom stereocenters. The van der Waals surface area contributed by atoms with Gasteiger partial charge in [0.15, 0.2) is 75.8 Å². The second kappa shape index (κ2) is 10.7. The quantitative estimate of drug-likeness (QED) is 0.258. The van der Waals surface area contributed by atoms with Crippen molar-refractivity contribution in [1.29, 1.82) is 0 Å². The van der Waals surface area contributed by atoms with Crippen LogP contribution < -0.4 is 18.3 Å². The highest BCUT2D eigenvalue weighted by atomic mass is 14.9. The Labute approximate surface area is 235 Å². The molecular formula is C36H32N4+4. The number of hydrogen-bond acceptors (Lipinski definition) is 0. The van der Waals surface area contributed by atoms with E-state index in [2.05, 4.69) is 165 Å². The topological polar surface area (TPSA) is 15.5 Å². The van der Waals surface area contributed by atoms with E-state index in [4.69, 9.17) is 0 Å². The van der Waals surface area contributed by atoms with Gasteiger partial charge < -0.3 is 0 Å². The zero-order valence-electron chi connectivity index (χ0n) is 22.5. The highest BCUT2D eigenvalue weighted by Crippen LogP contribution is 2.18. The summed E-state index contributed by atoms with van der Waals surface area (Å²) in [6.45, 7) is 3.39. The summed E-state index contributed by atoms with van der Waals surface area (Å²) >= 11 is 0. The van der Waals surface area contributed by atoms with E-state index in [1.807, 2.05) is 0 Å². The summed E-state index contributed by atoms with van der Waals surface area (Å²) in [7, 11) is 0. The van der Waals surface area contributed by atoms with Gasteiger partial charge in [0.25, 0.3) is 0 Å². The number of rotatable bonds is 0. The lowest BCUT2D eigenvalue weighted by Crippen LogP contribution is -2.35. The van der Waals surface area contributed by atoms with E-state index in [-0.39, 0.29) is 0 Å². The van der Waals surface area contributed by atoms with Crippen LogP contribution in [-0.2, 0) is 26.2 Å². The van der Waals surface area contributed by atoms with Crippen molar-refractivity contribution in [1.82, 2.24) is 0 Å². The van der Waals surface area contributed by atoms with Crippen molar-refractivity contribution < 1.29 is 18.3 Å². The second-order valence-electron chi connectivity index (χ2n) is 10.7. The fourth-order valence-electron chi connectivity index (χ4n) is 5.52. The van der Waals surface area contributed by atoms with E-state index < -0.39 is 0 Å². The van der Waals surface area contributed by atoms with Gasteiger partial charge in [-0.25, -0.2) is 18.3 Å². The molecule has 7 aliphatic rings. The van der Waals surface area contributed by atoms with Crippen molar-refractivity contribution in [2.45, 2.75) is 26.2 Å². The third kappa shape index (κ3) is 5.43. The normalized spacial score (nSPS) is 12.6. The molecule has 40 heavy (non-hydrogen) atoms. The van der Waals surface area contributed by atoms with Crippen LogP contribution in [0.15, 0.2) is 147 Å². The van der Waals surface area contributed by atoms with Crippen LogP contribution in [0.25, 0.3) is 22.3 Å². The number of hydrogen-bond donors (Lipinski definition) is 0. The average molecular weight is 521 g/mol. The summed E-state index contributed by atoms with van der Waals surface area (Å²) in [5.41, 5.74) is 10.1. The first-order chi connectivity index (χ1) is 19.7. The lowest BCUT2D eigenvalue weighted by molar-refractivity contribution is -0.689. The summed E-state index contributed by atoms with van der Waals surface area (Å²) in [5, 5.41) is 0. The monoisotopic (exact) mass is 520 g/mol. The van der Waals surface area contributed by atoms with E-state index in [0.717, 1.165) is 26.2 Å². The van der Waals surface area contributed by atoms with Gasteiger partial charge in [-0.1, -0.05) is 36.4 Å². The fraction of sp³-hybridized carbons (Fsp3) is 0.111. The predicted octanol–water partition coefficient (Wildman–Crippen LogP) is 4.68. The smallest absolute Gasteiger partial charge is 0.173 e. The summed E-state index contributed by atoms with van der Waals surface area (Å²) in [6, 6.07) is 35.4. The molecule has 192 valence electrons. The molecule has 7 aliphatic heterocycles. The number of benzene rings is 2. The lowest BCUT2D eigenvalue weighted by Gasteiger charge is -2.05. The Balaban J connectivity index is 1.23. The molecule has 0 N–H and O–H groups in total. The molecule has 4 heteroatoms.